The first kappa shape index (κ1) is 20.1. The first-order chi connectivity index (χ1) is 15.0. The maximum absolute atomic E-state index is 14.4. The van der Waals surface area contributed by atoms with Crippen molar-refractivity contribution in [1.82, 2.24) is 0 Å². The van der Waals surface area contributed by atoms with Gasteiger partial charge in [0, 0.05) is 22.1 Å². The van der Waals surface area contributed by atoms with Crippen LogP contribution in [-0.4, -0.2) is 7.11 Å². The minimum Gasteiger partial charge on any atom is -0.497 e. The fourth-order valence-electron chi connectivity index (χ4n) is 3.00. The number of halogens is 3. The van der Waals surface area contributed by atoms with E-state index in [2.05, 4.69) is 23.7 Å². The van der Waals surface area contributed by atoms with Crippen molar-refractivity contribution in [3.8, 4) is 29.4 Å². The van der Waals surface area contributed by atoms with Gasteiger partial charge in [0.1, 0.15) is 11.6 Å². The summed E-state index contributed by atoms with van der Waals surface area (Å²) in [5, 5.41) is 0.701. The van der Waals surface area contributed by atoms with Crippen LogP contribution in [0, 0.1) is 41.1 Å². The lowest BCUT2D eigenvalue weighted by Crippen LogP contribution is -1.88. The minimum atomic E-state index is -0.899. The Kier molecular flexibility index (Phi) is 5.65. The topological polar surface area (TPSA) is 9.23 Å². The van der Waals surface area contributed by atoms with Crippen LogP contribution in [0.4, 0.5) is 13.2 Å². The van der Waals surface area contributed by atoms with Gasteiger partial charge in [0.2, 0.25) is 0 Å². The molecular weight excluding hydrogens is 397 g/mol. The highest BCUT2D eigenvalue weighted by atomic mass is 19.2. The predicted molar refractivity (Wildman–Crippen MR) is 115 cm³/mol. The molecule has 0 aromatic heterocycles. The molecule has 0 amide bonds. The third kappa shape index (κ3) is 4.55. The van der Waals surface area contributed by atoms with Crippen LogP contribution in [0.2, 0.25) is 0 Å². The van der Waals surface area contributed by atoms with Crippen LogP contribution in [0.5, 0.6) is 5.75 Å². The summed E-state index contributed by atoms with van der Waals surface area (Å²) >= 11 is 0. The molecule has 0 heterocycles. The molecule has 0 aliphatic rings. The zero-order valence-corrected chi connectivity index (χ0v) is 16.5. The van der Waals surface area contributed by atoms with Crippen LogP contribution in [0.25, 0.3) is 10.8 Å². The molecule has 1 nitrogen and oxygen atoms in total. The van der Waals surface area contributed by atoms with Crippen LogP contribution in [0.1, 0.15) is 22.3 Å². The summed E-state index contributed by atoms with van der Waals surface area (Å²) < 4.78 is 46.7. The van der Waals surface area contributed by atoms with E-state index in [1.165, 1.54) is 18.2 Å². The zero-order chi connectivity index (χ0) is 21.8. The molecule has 0 unspecified atom stereocenters. The standard InChI is InChI=1S/C27H15F3O/c1-31-23-12-6-18(7-13-23)2-3-20-5-10-21(26(29)17-20)9-4-19-8-14-24-22(16-19)11-15-25(28)27(24)30/h5-8,10-17H,1H3. The highest BCUT2D eigenvalue weighted by Gasteiger charge is 2.07. The summed E-state index contributed by atoms with van der Waals surface area (Å²) in [7, 11) is 1.59. The Hall–Kier alpha value is -4.15. The van der Waals surface area contributed by atoms with Gasteiger partial charge < -0.3 is 4.74 Å². The van der Waals surface area contributed by atoms with E-state index in [0.29, 0.717) is 16.5 Å². The number of rotatable bonds is 1. The summed E-state index contributed by atoms with van der Waals surface area (Å²) in [5.41, 5.74) is 2.11. The van der Waals surface area contributed by atoms with Crippen molar-refractivity contribution < 1.29 is 17.9 Å². The molecule has 0 radical (unpaired) electrons. The number of ether oxygens (including phenoxy) is 1. The first-order valence-electron chi connectivity index (χ1n) is 9.39. The Labute approximate surface area is 178 Å². The summed E-state index contributed by atoms with van der Waals surface area (Å²) in [6.07, 6.45) is 0. The van der Waals surface area contributed by atoms with Crippen LogP contribution in [-0.2, 0) is 0 Å². The Morgan fingerprint density at radius 3 is 2.00 bits per heavy atom. The second-order valence-corrected chi connectivity index (χ2v) is 6.72. The van der Waals surface area contributed by atoms with Gasteiger partial charge in [0.15, 0.2) is 11.6 Å². The second-order valence-electron chi connectivity index (χ2n) is 6.72. The predicted octanol–water partition coefficient (Wildman–Crippen LogP) is 6.07. The Morgan fingerprint density at radius 1 is 0.613 bits per heavy atom. The van der Waals surface area contributed by atoms with Gasteiger partial charge in [0.25, 0.3) is 0 Å². The summed E-state index contributed by atoms with van der Waals surface area (Å²) in [6.45, 7) is 0. The normalized spacial score (nSPS) is 10.1. The highest BCUT2D eigenvalue weighted by Crippen LogP contribution is 2.21. The maximum atomic E-state index is 14.4. The van der Waals surface area contributed by atoms with Gasteiger partial charge in [-0.25, -0.2) is 13.2 Å². The van der Waals surface area contributed by atoms with E-state index in [1.54, 1.807) is 43.5 Å². The Morgan fingerprint density at radius 2 is 1.26 bits per heavy atom. The molecule has 0 fully saturated rings. The number of hydrogen-bond donors (Lipinski definition) is 0. The number of methoxy groups -OCH3 is 1. The third-order valence-electron chi connectivity index (χ3n) is 4.66. The van der Waals surface area contributed by atoms with Crippen molar-refractivity contribution in [2.75, 3.05) is 7.11 Å². The minimum absolute atomic E-state index is 0.177. The molecule has 4 rings (SSSR count). The van der Waals surface area contributed by atoms with Gasteiger partial charge in [-0.1, -0.05) is 35.8 Å². The van der Waals surface area contributed by atoms with Gasteiger partial charge >= 0.3 is 0 Å². The van der Waals surface area contributed by atoms with E-state index >= 15 is 0 Å². The number of hydrogen-bond acceptors (Lipinski definition) is 1. The lowest BCUT2D eigenvalue weighted by atomic mass is 10.1. The van der Waals surface area contributed by atoms with E-state index in [0.717, 1.165) is 17.4 Å². The van der Waals surface area contributed by atoms with Crippen molar-refractivity contribution in [2.45, 2.75) is 0 Å². The van der Waals surface area contributed by atoms with Gasteiger partial charge in [-0.05, 0) is 66.0 Å². The molecule has 0 aliphatic heterocycles. The average molecular weight is 412 g/mol. The largest absolute Gasteiger partial charge is 0.497 e. The zero-order valence-electron chi connectivity index (χ0n) is 16.5. The first-order valence-corrected chi connectivity index (χ1v) is 9.39. The summed E-state index contributed by atoms with van der Waals surface area (Å²) in [4.78, 5) is 0. The van der Waals surface area contributed by atoms with E-state index in [-0.39, 0.29) is 10.9 Å². The van der Waals surface area contributed by atoms with Crippen molar-refractivity contribution in [3.63, 3.8) is 0 Å². The lowest BCUT2D eigenvalue weighted by molar-refractivity contribution is 0.415. The number of fused-ring (bicyclic) bond motifs is 1. The van der Waals surface area contributed by atoms with Gasteiger partial charge in [-0.15, -0.1) is 0 Å². The van der Waals surface area contributed by atoms with Crippen LogP contribution >= 0.6 is 0 Å². The molecule has 0 bridgehead atoms. The molecule has 31 heavy (non-hydrogen) atoms. The van der Waals surface area contributed by atoms with E-state index in [9.17, 15) is 13.2 Å². The SMILES string of the molecule is COc1ccc(C#Cc2ccc(C#Cc3ccc4c(F)c(F)ccc4c3)c(F)c2)cc1. The Balaban J connectivity index is 1.56. The molecule has 0 N–H and O–H groups in total. The fourth-order valence-corrected chi connectivity index (χ4v) is 3.00. The van der Waals surface area contributed by atoms with Gasteiger partial charge in [-0.3, -0.25) is 0 Å². The Bertz CT molecular complexity index is 1400. The van der Waals surface area contributed by atoms with E-state index < -0.39 is 17.5 Å². The lowest BCUT2D eigenvalue weighted by Gasteiger charge is -2.01. The molecule has 0 atom stereocenters. The molecule has 0 saturated heterocycles. The van der Waals surface area contributed by atoms with E-state index in [4.69, 9.17) is 4.74 Å². The number of benzene rings is 4. The average Bonchev–Trinajstić information content (AvgIpc) is 2.80. The van der Waals surface area contributed by atoms with Crippen LogP contribution in [0.3, 0.4) is 0 Å². The third-order valence-corrected chi connectivity index (χ3v) is 4.66. The van der Waals surface area contributed by atoms with Crippen LogP contribution < -0.4 is 4.74 Å². The fraction of sp³-hybridized carbons (Fsp3) is 0.0370. The molecule has 4 aromatic rings. The second kappa shape index (κ2) is 8.69. The maximum Gasteiger partial charge on any atom is 0.166 e. The van der Waals surface area contributed by atoms with Gasteiger partial charge in [-0.2, -0.15) is 0 Å². The molecule has 4 heteroatoms. The summed E-state index contributed by atoms with van der Waals surface area (Å²) in [5.74, 6) is 10.0. The van der Waals surface area contributed by atoms with Crippen molar-refractivity contribution in [1.29, 1.82) is 0 Å². The smallest absolute Gasteiger partial charge is 0.166 e. The van der Waals surface area contributed by atoms with E-state index in [1.807, 2.05) is 12.1 Å². The van der Waals surface area contributed by atoms with Crippen molar-refractivity contribution >= 4 is 10.8 Å². The van der Waals surface area contributed by atoms with Crippen molar-refractivity contribution in [2.24, 2.45) is 0 Å². The molecule has 150 valence electrons. The molecule has 4 aromatic carbocycles. The quantitative estimate of drug-likeness (QED) is 0.345. The monoisotopic (exact) mass is 412 g/mol. The van der Waals surface area contributed by atoms with Gasteiger partial charge in [0.05, 0.1) is 12.7 Å². The molecule has 0 spiro atoms. The van der Waals surface area contributed by atoms with Crippen molar-refractivity contribution in [3.05, 3.63) is 113 Å². The molecular formula is C27H15F3O. The highest BCUT2D eigenvalue weighted by molar-refractivity contribution is 5.84. The molecule has 0 saturated carbocycles. The van der Waals surface area contributed by atoms with Crippen LogP contribution in [0.15, 0.2) is 72.8 Å². The molecule has 0 aliphatic carbocycles. The summed E-state index contributed by atoms with van der Waals surface area (Å²) in [6, 6.07) is 19.1.